The Kier molecular flexibility index (Phi) is 5.80. The van der Waals surface area contributed by atoms with Crippen LogP contribution in [-0.4, -0.2) is 32.4 Å². The second-order valence-electron chi connectivity index (χ2n) is 5.86. The van der Waals surface area contributed by atoms with Gasteiger partial charge in [-0.25, -0.2) is 9.97 Å². The lowest BCUT2D eigenvalue weighted by Crippen LogP contribution is -2.27. The van der Waals surface area contributed by atoms with E-state index in [2.05, 4.69) is 9.97 Å². The number of amides is 1. The summed E-state index contributed by atoms with van der Waals surface area (Å²) in [5.41, 5.74) is 1.23. The molecule has 6 nitrogen and oxygen atoms in total. The first-order chi connectivity index (χ1) is 12.9. The number of imidazole rings is 1. The predicted molar refractivity (Wildman–Crippen MR) is 96.9 cm³/mol. The molecular weight excluding hydrogens is 374 g/mol. The zero-order valence-corrected chi connectivity index (χ0v) is 15.6. The lowest BCUT2D eigenvalue weighted by atomic mass is 10.2. The summed E-state index contributed by atoms with van der Waals surface area (Å²) in [4.78, 5) is 22.2. The first kappa shape index (κ1) is 19.0. The summed E-state index contributed by atoms with van der Waals surface area (Å²) in [6.45, 7) is -0.497. The molecule has 2 aromatic heterocycles. The Morgan fingerprint density at radius 1 is 1.41 bits per heavy atom. The van der Waals surface area contributed by atoms with E-state index in [1.54, 1.807) is 42.6 Å². The molecule has 9 heteroatoms. The summed E-state index contributed by atoms with van der Waals surface area (Å²) in [5, 5.41) is 2.88. The van der Waals surface area contributed by atoms with E-state index in [-0.39, 0.29) is 18.3 Å². The normalized spacial score (nSPS) is 11.0. The van der Waals surface area contributed by atoms with E-state index < -0.39 is 6.55 Å². The second-order valence-corrected chi connectivity index (χ2v) is 6.93. The molecule has 3 rings (SSSR count). The average molecular weight is 392 g/mol. The maximum absolute atomic E-state index is 12.9. The van der Waals surface area contributed by atoms with Gasteiger partial charge >= 0.3 is 6.55 Å². The van der Waals surface area contributed by atoms with Crippen molar-refractivity contribution in [2.75, 3.05) is 7.05 Å². The zero-order chi connectivity index (χ0) is 19.4. The van der Waals surface area contributed by atoms with Crippen molar-refractivity contribution >= 4 is 17.2 Å². The number of alkyl halides is 2. The minimum absolute atomic E-state index is 0.0284. The topological polar surface area (TPSA) is 60.2 Å². The van der Waals surface area contributed by atoms with E-state index in [4.69, 9.17) is 4.74 Å². The molecule has 0 saturated carbocycles. The molecule has 27 heavy (non-hydrogen) atoms. The van der Waals surface area contributed by atoms with Crippen LogP contribution < -0.4 is 4.74 Å². The number of benzene rings is 1. The minimum atomic E-state index is -2.70. The monoisotopic (exact) mass is 392 g/mol. The van der Waals surface area contributed by atoms with Crippen LogP contribution in [-0.2, 0) is 13.2 Å². The molecule has 0 saturated heterocycles. The Balaban J connectivity index is 1.66. The van der Waals surface area contributed by atoms with Crippen LogP contribution >= 0.6 is 11.3 Å². The maximum atomic E-state index is 12.9. The standard InChI is InChI=1S/C18H18F2N4O2S/c1-12-22-14(11-27-12)10-26-15-5-3-4-13(8-15)17(25)23(2)9-16-21-6-7-24(16)18(19)20/h3-8,11,18H,9-10H2,1-2H3. The van der Waals surface area contributed by atoms with Gasteiger partial charge in [0, 0.05) is 30.4 Å². The lowest BCUT2D eigenvalue weighted by Gasteiger charge is -2.18. The van der Waals surface area contributed by atoms with Crippen LogP contribution in [0.4, 0.5) is 8.78 Å². The van der Waals surface area contributed by atoms with Crippen LogP contribution in [0, 0.1) is 6.92 Å². The van der Waals surface area contributed by atoms with Crippen LogP contribution in [0.25, 0.3) is 0 Å². The highest BCUT2D eigenvalue weighted by Crippen LogP contribution is 2.19. The van der Waals surface area contributed by atoms with Crippen LogP contribution in [0.2, 0.25) is 0 Å². The SMILES string of the molecule is Cc1nc(COc2cccc(C(=O)N(C)Cc3nccn3C(F)F)c2)cs1. The van der Waals surface area contributed by atoms with E-state index in [0.717, 1.165) is 15.3 Å². The number of hydrogen-bond donors (Lipinski definition) is 0. The number of ether oxygens (including phenoxy) is 1. The molecule has 0 N–H and O–H groups in total. The van der Waals surface area contributed by atoms with Crippen molar-refractivity contribution in [2.45, 2.75) is 26.6 Å². The average Bonchev–Trinajstić information content (AvgIpc) is 3.28. The van der Waals surface area contributed by atoms with Gasteiger partial charge in [0.05, 0.1) is 17.2 Å². The third-order valence-electron chi connectivity index (χ3n) is 3.82. The highest BCUT2D eigenvalue weighted by Gasteiger charge is 2.17. The first-order valence-corrected chi connectivity index (χ1v) is 9.01. The smallest absolute Gasteiger partial charge is 0.319 e. The Hall–Kier alpha value is -2.81. The Labute approximate surface area is 159 Å². The van der Waals surface area contributed by atoms with E-state index in [1.165, 1.54) is 17.3 Å². The zero-order valence-electron chi connectivity index (χ0n) is 14.8. The van der Waals surface area contributed by atoms with Gasteiger partial charge in [0.2, 0.25) is 0 Å². The fourth-order valence-corrected chi connectivity index (χ4v) is 3.10. The van der Waals surface area contributed by atoms with Crippen molar-refractivity contribution in [3.05, 3.63) is 64.1 Å². The number of nitrogens with zero attached hydrogens (tertiary/aromatic N) is 4. The van der Waals surface area contributed by atoms with Crippen molar-refractivity contribution in [1.29, 1.82) is 0 Å². The van der Waals surface area contributed by atoms with Crippen LogP contribution in [0.15, 0.2) is 42.0 Å². The number of aromatic nitrogens is 3. The quantitative estimate of drug-likeness (QED) is 0.612. The predicted octanol–water partition coefficient (Wildman–Crippen LogP) is 3.89. The van der Waals surface area contributed by atoms with Gasteiger partial charge in [-0.05, 0) is 25.1 Å². The Morgan fingerprint density at radius 3 is 2.93 bits per heavy atom. The van der Waals surface area contributed by atoms with Crippen molar-refractivity contribution in [2.24, 2.45) is 0 Å². The number of rotatable bonds is 7. The summed E-state index contributed by atoms with van der Waals surface area (Å²) in [5.74, 6) is 0.343. The van der Waals surface area contributed by atoms with Crippen LogP contribution in [0.3, 0.4) is 0 Å². The Bertz CT molecular complexity index is 925. The highest BCUT2D eigenvalue weighted by atomic mass is 32.1. The fraction of sp³-hybridized carbons (Fsp3) is 0.278. The minimum Gasteiger partial charge on any atom is -0.487 e. The van der Waals surface area contributed by atoms with E-state index >= 15 is 0 Å². The number of aryl methyl sites for hydroxylation is 1. The largest absolute Gasteiger partial charge is 0.487 e. The summed E-state index contributed by atoms with van der Waals surface area (Å²) in [6, 6.07) is 6.73. The second kappa shape index (κ2) is 8.26. The molecule has 142 valence electrons. The molecule has 1 amide bonds. The van der Waals surface area contributed by atoms with Crippen molar-refractivity contribution < 1.29 is 18.3 Å². The van der Waals surface area contributed by atoms with Crippen molar-refractivity contribution in [3.63, 3.8) is 0 Å². The van der Waals surface area contributed by atoms with Gasteiger partial charge in [-0.15, -0.1) is 11.3 Å². The molecule has 0 aliphatic carbocycles. The van der Waals surface area contributed by atoms with E-state index in [0.29, 0.717) is 17.9 Å². The number of carbonyl (C=O) groups excluding carboxylic acids is 1. The molecule has 1 aromatic carbocycles. The summed E-state index contributed by atoms with van der Waals surface area (Å²) >= 11 is 1.54. The molecule has 0 aliphatic heterocycles. The van der Waals surface area contributed by atoms with Gasteiger partial charge in [0.1, 0.15) is 18.2 Å². The molecule has 0 radical (unpaired) electrons. The fourth-order valence-electron chi connectivity index (χ4n) is 2.50. The van der Waals surface area contributed by atoms with E-state index in [1.807, 2.05) is 12.3 Å². The lowest BCUT2D eigenvalue weighted by molar-refractivity contribution is 0.0612. The number of hydrogen-bond acceptors (Lipinski definition) is 5. The van der Waals surface area contributed by atoms with Gasteiger partial charge in [0.25, 0.3) is 5.91 Å². The van der Waals surface area contributed by atoms with Crippen LogP contribution in [0.1, 0.15) is 33.4 Å². The highest BCUT2D eigenvalue weighted by molar-refractivity contribution is 7.09. The van der Waals surface area contributed by atoms with E-state index in [9.17, 15) is 13.6 Å². The molecule has 0 aliphatic rings. The van der Waals surface area contributed by atoms with Crippen molar-refractivity contribution in [3.8, 4) is 5.75 Å². The molecule has 0 unspecified atom stereocenters. The van der Waals surface area contributed by atoms with Gasteiger partial charge in [-0.2, -0.15) is 8.78 Å². The third-order valence-corrected chi connectivity index (χ3v) is 4.64. The first-order valence-electron chi connectivity index (χ1n) is 8.13. The molecule has 0 spiro atoms. The summed E-state index contributed by atoms with van der Waals surface area (Å²) < 4.78 is 32.3. The number of halogens is 2. The maximum Gasteiger partial charge on any atom is 0.319 e. The van der Waals surface area contributed by atoms with Crippen molar-refractivity contribution in [1.82, 2.24) is 19.4 Å². The van der Waals surface area contributed by atoms with Crippen LogP contribution in [0.5, 0.6) is 5.75 Å². The van der Waals surface area contributed by atoms with Gasteiger partial charge in [-0.3, -0.25) is 9.36 Å². The summed E-state index contributed by atoms with van der Waals surface area (Å²) in [7, 11) is 1.54. The van der Waals surface area contributed by atoms with Gasteiger partial charge < -0.3 is 9.64 Å². The molecule has 0 fully saturated rings. The summed E-state index contributed by atoms with van der Waals surface area (Å²) in [6.07, 6.45) is 2.47. The number of thiazole rings is 1. The van der Waals surface area contributed by atoms with Gasteiger partial charge in [-0.1, -0.05) is 6.07 Å². The molecular formula is C18H18F2N4O2S. The number of carbonyl (C=O) groups is 1. The molecule has 3 aromatic rings. The molecule has 2 heterocycles. The van der Waals surface area contributed by atoms with Gasteiger partial charge in [0.15, 0.2) is 0 Å². The third kappa shape index (κ3) is 4.68. The molecule has 0 atom stereocenters. The Morgan fingerprint density at radius 2 is 2.22 bits per heavy atom. The molecule has 0 bridgehead atoms.